The van der Waals surface area contributed by atoms with Crippen molar-refractivity contribution in [3.05, 3.63) is 34.9 Å². The van der Waals surface area contributed by atoms with Gasteiger partial charge in [-0.2, -0.15) is 5.26 Å². The molecule has 78 valence electrons. The first kappa shape index (κ1) is 13.9. The van der Waals surface area contributed by atoms with Gasteiger partial charge in [-0.15, -0.1) is 0 Å². The van der Waals surface area contributed by atoms with Gasteiger partial charge in [0, 0.05) is 0 Å². The lowest BCUT2D eigenvalue weighted by Gasteiger charge is -2.03. The number of carboxylic acids is 1. The van der Waals surface area contributed by atoms with E-state index in [9.17, 15) is 9.59 Å². The summed E-state index contributed by atoms with van der Waals surface area (Å²) in [5, 5.41) is 16.9. The van der Waals surface area contributed by atoms with Gasteiger partial charge in [0.1, 0.15) is 0 Å². The third-order valence-corrected chi connectivity index (χ3v) is 1.71. The van der Waals surface area contributed by atoms with Gasteiger partial charge in [0.2, 0.25) is 0 Å². The minimum absolute atomic E-state index is 0. The highest BCUT2D eigenvalue weighted by molar-refractivity contribution is 6.02. The zero-order valence-electron chi connectivity index (χ0n) is 7.35. The average Bonchev–Trinajstić information content (AvgIpc) is 2.16. The normalized spacial score (nSPS) is 8.93. The molecule has 0 aliphatic rings. The number of benzene rings is 1. The molecule has 1 aromatic carbocycles. The Hall–Kier alpha value is -1.11. The molecule has 0 fully saturated rings. The molecule has 0 atom stereocenters. The van der Waals surface area contributed by atoms with Crippen molar-refractivity contribution in [1.82, 2.24) is 0 Å². The molecule has 1 aromatic rings. The van der Waals surface area contributed by atoms with Crippen LogP contribution in [0.25, 0.3) is 0 Å². The first-order valence-electron chi connectivity index (χ1n) is 3.76. The zero-order valence-corrected chi connectivity index (χ0v) is 7.35. The van der Waals surface area contributed by atoms with E-state index in [0.717, 1.165) is 0 Å². The minimum Gasteiger partial charge on any atom is -0.478 e. The Morgan fingerprint density at radius 1 is 1.27 bits per heavy atom. The van der Waals surface area contributed by atoms with Gasteiger partial charge in [-0.25, -0.2) is 9.59 Å². The van der Waals surface area contributed by atoms with Crippen molar-refractivity contribution < 1.29 is 24.8 Å². The zero-order chi connectivity index (χ0) is 10.7. The molecule has 1 rings (SSSR count). The molecule has 0 radical (unpaired) electrons. The van der Waals surface area contributed by atoms with Crippen LogP contribution >= 0.6 is 0 Å². The molecule has 0 unspecified atom stereocenters. The maximum absolute atomic E-state index is 11.0. The number of carbonyl (C=O) groups is 2. The van der Waals surface area contributed by atoms with Gasteiger partial charge in [0.15, 0.2) is 0 Å². The number of carboxylic acid groups (broad SMARTS) is 1. The third kappa shape index (κ3) is 3.19. The number of aromatic carboxylic acids is 1. The molecule has 0 aromatic heterocycles. The maximum Gasteiger partial charge on any atom is 0.373 e. The fourth-order valence-electron chi connectivity index (χ4n) is 1.06. The average molecular weight is 222 g/mol. The summed E-state index contributed by atoms with van der Waals surface area (Å²) in [6.07, 6.45) is 0. The summed E-state index contributed by atoms with van der Waals surface area (Å²) in [7, 11) is 0. The highest BCUT2D eigenvalue weighted by Crippen LogP contribution is 2.12. The molecule has 0 spiro atoms. The standard InChI is InChI=1S/C9H8O5.Mg.2H/c1-5-2-3-6(8(10)11)7(4-5)9(12)14-13;;;/h2-4,13H,1H3,(H,10,11);;;. The maximum atomic E-state index is 11.0. The van der Waals surface area contributed by atoms with Gasteiger partial charge >= 0.3 is 35.0 Å². The van der Waals surface area contributed by atoms with Crippen LogP contribution in [0.4, 0.5) is 0 Å². The van der Waals surface area contributed by atoms with Crippen LogP contribution in [0.1, 0.15) is 26.3 Å². The van der Waals surface area contributed by atoms with Crippen LogP contribution in [0.15, 0.2) is 18.2 Å². The molecule has 0 saturated heterocycles. The topological polar surface area (TPSA) is 83.8 Å². The van der Waals surface area contributed by atoms with Crippen LogP contribution in [-0.4, -0.2) is 45.4 Å². The number of carbonyl (C=O) groups excluding carboxylic acids is 1. The Kier molecular flexibility index (Phi) is 5.27. The molecular formula is C9H10MgO5. The van der Waals surface area contributed by atoms with Crippen molar-refractivity contribution in [3.63, 3.8) is 0 Å². The number of aryl methyl sites for hydroxylation is 1. The highest BCUT2D eigenvalue weighted by Gasteiger charge is 2.17. The lowest BCUT2D eigenvalue weighted by Crippen LogP contribution is -2.10. The van der Waals surface area contributed by atoms with Crippen molar-refractivity contribution >= 4 is 35.0 Å². The quantitative estimate of drug-likeness (QED) is 0.430. The molecule has 0 heterocycles. The molecule has 6 heteroatoms. The second-order valence-electron chi connectivity index (χ2n) is 2.73. The van der Waals surface area contributed by atoms with Crippen LogP contribution in [0.3, 0.4) is 0 Å². The molecule has 5 nitrogen and oxygen atoms in total. The Morgan fingerprint density at radius 2 is 1.87 bits per heavy atom. The largest absolute Gasteiger partial charge is 0.478 e. The van der Waals surface area contributed by atoms with Crippen LogP contribution in [0, 0.1) is 6.92 Å². The van der Waals surface area contributed by atoms with Crippen molar-refractivity contribution in [3.8, 4) is 0 Å². The molecule has 0 amide bonds. The Balaban J connectivity index is 0.00000196. The van der Waals surface area contributed by atoms with Gasteiger partial charge in [-0.3, -0.25) is 4.89 Å². The van der Waals surface area contributed by atoms with Crippen molar-refractivity contribution in [2.75, 3.05) is 0 Å². The van der Waals surface area contributed by atoms with Gasteiger partial charge in [0.25, 0.3) is 0 Å². The van der Waals surface area contributed by atoms with E-state index in [1.165, 1.54) is 12.1 Å². The van der Waals surface area contributed by atoms with Crippen molar-refractivity contribution in [2.24, 2.45) is 0 Å². The van der Waals surface area contributed by atoms with Crippen LogP contribution < -0.4 is 0 Å². The van der Waals surface area contributed by atoms with Gasteiger partial charge in [-0.05, 0) is 19.1 Å². The molecule has 0 aliphatic heterocycles. The van der Waals surface area contributed by atoms with E-state index in [-0.39, 0.29) is 34.2 Å². The lowest BCUT2D eigenvalue weighted by atomic mass is 10.0. The summed E-state index contributed by atoms with van der Waals surface area (Å²) in [6, 6.07) is 4.17. The van der Waals surface area contributed by atoms with Crippen LogP contribution in [0.5, 0.6) is 0 Å². The van der Waals surface area contributed by atoms with Crippen molar-refractivity contribution in [2.45, 2.75) is 6.92 Å². The Morgan fingerprint density at radius 3 is 2.33 bits per heavy atom. The second-order valence-corrected chi connectivity index (χ2v) is 2.73. The minimum atomic E-state index is -1.24. The predicted molar refractivity (Wildman–Crippen MR) is 54.7 cm³/mol. The molecule has 0 saturated carbocycles. The van der Waals surface area contributed by atoms with E-state index >= 15 is 0 Å². The summed E-state index contributed by atoms with van der Waals surface area (Å²) in [5.41, 5.74) is 0.338. The molecule has 2 N–H and O–H groups in total. The van der Waals surface area contributed by atoms with E-state index < -0.39 is 11.9 Å². The summed E-state index contributed by atoms with van der Waals surface area (Å²) >= 11 is 0. The predicted octanol–water partition coefficient (Wildman–Crippen LogP) is 0.407. The Labute approximate surface area is 102 Å². The first-order chi connectivity index (χ1) is 6.56. The van der Waals surface area contributed by atoms with Crippen molar-refractivity contribution in [1.29, 1.82) is 0 Å². The number of hydrogen-bond acceptors (Lipinski definition) is 4. The summed E-state index contributed by atoms with van der Waals surface area (Å²) in [5.74, 6) is -2.32. The smallest absolute Gasteiger partial charge is 0.373 e. The SMILES string of the molecule is Cc1ccc(C(=O)O)c(C(=O)OO)c1.[MgH2]. The van der Waals surface area contributed by atoms with E-state index in [0.29, 0.717) is 5.56 Å². The fourth-order valence-corrected chi connectivity index (χ4v) is 1.06. The summed E-state index contributed by atoms with van der Waals surface area (Å²) < 4.78 is 0. The Bertz CT molecular complexity index is 388. The highest BCUT2D eigenvalue weighted by atomic mass is 24.3. The van der Waals surface area contributed by atoms with Gasteiger partial charge < -0.3 is 5.11 Å². The first-order valence-corrected chi connectivity index (χ1v) is 3.76. The van der Waals surface area contributed by atoms with E-state index in [4.69, 9.17) is 10.4 Å². The summed E-state index contributed by atoms with van der Waals surface area (Å²) in [6.45, 7) is 1.69. The monoisotopic (exact) mass is 222 g/mol. The summed E-state index contributed by atoms with van der Waals surface area (Å²) in [4.78, 5) is 25.1. The molecule has 0 bridgehead atoms. The van der Waals surface area contributed by atoms with Gasteiger partial charge in [-0.1, -0.05) is 11.6 Å². The van der Waals surface area contributed by atoms with E-state index in [1.807, 2.05) is 0 Å². The van der Waals surface area contributed by atoms with Crippen LogP contribution in [-0.2, 0) is 4.89 Å². The molecule has 0 aliphatic carbocycles. The third-order valence-electron chi connectivity index (χ3n) is 1.71. The van der Waals surface area contributed by atoms with E-state index in [2.05, 4.69) is 4.89 Å². The number of rotatable bonds is 2. The van der Waals surface area contributed by atoms with E-state index in [1.54, 1.807) is 13.0 Å². The second kappa shape index (κ2) is 5.69. The van der Waals surface area contributed by atoms with Crippen LogP contribution in [0.2, 0.25) is 0 Å². The van der Waals surface area contributed by atoms with Gasteiger partial charge in [0.05, 0.1) is 11.1 Å². The molecule has 15 heavy (non-hydrogen) atoms. The molecular weight excluding hydrogens is 212 g/mol. The lowest BCUT2D eigenvalue weighted by molar-refractivity contribution is -0.182. The fraction of sp³-hybridized carbons (Fsp3) is 0.111. The number of hydrogen-bond donors (Lipinski definition) is 2.